The average Bonchev–Trinajstić information content (AvgIpc) is 3.14. The summed E-state index contributed by atoms with van der Waals surface area (Å²) in [7, 11) is 0. The normalized spacial score (nSPS) is 16.1. The number of unbranched alkanes of at least 4 members (excludes halogenated alkanes) is 7. The van der Waals surface area contributed by atoms with Crippen LogP contribution in [0.5, 0.6) is 0 Å². The summed E-state index contributed by atoms with van der Waals surface area (Å²) in [5, 5.41) is 2.86. The van der Waals surface area contributed by atoms with Gasteiger partial charge in [0.25, 0.3) is 0 Å². The van der Waals surface area contributed by atoms with Gasteiger partial charge in [0.2, 0.25) is 5.91 Å². The fraction of sp³-hybridized carbons (Fsp3) is 0.560. The number of rotatable bonds is 11. The Kier molecular flexibility index (Phi) is 8.35. The molecule has 0 spiro atoms. The highest BCUT2D eigenvalue weighted by Gasteiger charge is 2.47. The van der Waals surface area contributed by atoms with Gasteiger partial charge in [-0.1, -0.05) is 82.2 Å². The van der Waals surface area contributed by atoms with E-state index < -0.39 is 12.2 Å². The fourth-order valence-electron chi connectivity index (χ4n) is 4.46. The van der Waals surface area contributed by atoms with Gasteiger partial charge in [0.1, 0.15) is 6.04 Å². The lowest BCUT2D eigenvalue weighted by molar-refractivity contribution is -0.191. The zero-order valence-electron chi connectivity index (χ0n) is 18.3. The van der Waals surface area contributed by atoms with Crippen LogP contribution < -0.4 is 5.43 Å². The van der Waals surface area contributed by atoms with Crippen molar-refractivity contribution in [2.45, 2.75) is 83.4 Å². The van der Waals surface area contributed by atoms with Crippen LogP contribution in [0, 0.1) is 0 Å². The molecule has 1 aliphatic heterocycles. The summed E-state index contributed by atoms with van der Waals surface area (Å²) in [4.78, 5) is 11.6. The zero-order valence-corrected chi connectivity index (χ0v) is 18.3. The highest BCUT2D eigenvalue weighted by atomic mass is 19.4. The monoisotopic (exact) mass is 434 g/mol. The summed E-state index contributed by atoms with van der Waals surface area (Å²) in [6.07, 6.45) is 5.92. The first-order valence-corrected chi connectivity index (χ1v) is 11.5. The van der Waals surface area contributed by atoms with E-state index in [0.717, 1.165) is 40.6 Å². The Bertz CT molecular complexity index is 865. The number of aryl methyl sites for hydroxylation is 1. The second-order valence-corrected chi connectivity index (χ2v) is 8.55. The Morgan fingerprint density at radius 2 is 1.68 bits per heavy atom. The average molecular weight is 435 g/mol. The highest BCUT2D eigenvalue weighted by molar-refractivity contribution is 5.86. The summed E-state index contributed by atoms with van der Waals surface area (Å²) in [5.41, 5.74) is 3.54. The van der Waals surface area contributed by atoms with Crippen LogP contribution in [0.2, 0.25) is 0 Å². The number of benzene rings is 2. The molecular weight excluding hydrogens is 401 g/mol. The Morgan fingerprint density at radius 1 is 1.00 bits per heavy atom. The zero-order chi connectivity index (χ0) is 22.3. The summed E-state index contributed by atoms with van der Waals surface area (Å²) < 4.78 is 42.0. The van der Waals surface area contributed by atoms with Gasteiger partial charge in [-0.3, -0.25) is 10.2 Å². The molecule has 2 aromatic rings. The van der Waals surface area contributed by atoms with Gasteiger partial charge < -0.3 is 0 Å². The maximum absolute atomic E-state index is 14.0. The molecule has 1 unspecified atom stereocenters. The van der Waals surface area contributed by atoms with Crippen molar-refractivity contribution in [1.29, 1.82) is 0 Å². The number of halogens is 3. The number of fused-ring (bicyclic) bond motifs is 1. The van der Waals surface area contributed by atoms with Crippen molar-refractivity contribution in [2.24, 2.45) is 0 Å². The number of nitrogens with zero attached hydrogens (tertiary/aromatic N) is 1. The van der Waals surface area contributed by atoms with Gasteiger partial charge in [-0.2, -0.15) is 13.2 Å². The third-order valence-corrected chi connectivity index (χ3v) is 6.06. The minimum atomic E-state index is -4.48. The first kappa shape index (κ1) is 23.6. The topological polar surface area (TPSA) is 32.3 Å². The van der Waals surface area contributed by atoms with E-state index in [9.17, 15) is 18.0 Å². The molecular formula is C25H33F3N2O. The third-order valence-electron chi connectivity index (χ3n) is 6.06. The molecule has 3 nitrogen and oxygen atoms in total. The molecule has 1 amide bonds. The molecule has 0 bridgehead atoms. The molecule has 2 aromatic carbocycles. The smallest absolute Gasteiger partial charge is 0.288 e. The van der Waals surface area contributed by atoms with E-state index in [1.165, 1.54) is 38.5 Å². The number of carbonyl (C=O) groups excluding carboxylic acids is 1. The fourth-order valence-corrected chi connectivity index (χ4v) is 4.46. The van der Waals surface area contributed by atoms with Crippen molar-refractivity contribution in [3.05, 3.63) is 47.5 Å². The van der Waals surface area contributed by atoms with Gasteiger partial charge in [0.05, 0.1) is 0 Å². The van der Waals surface area contributed by atoms with Crippen LogP contribution in [0.25, 0.3) is 10.8 Å². The second-order valence-electron chi connectivity index (χ2n) is 8.55. The third kappa shape index (κ3) is 6.45. The van der Waals surface area contributed by atoms with Crippen molar-refractivity contribution in [1.82, 2.24) is 10.4 Å². The largest absolute Gasteiger partial charge is 0.409 e. The molecule has 3 rings (SSSR count). The van der Waals surface area contributed by atoms with Gasteiger partial charge >= 0.3 is 6.18 Å². The first-order chi connectivity index (χ1) is 14.9. The number of alkyl halides is 3. The highest BCUT2D eigenvalue weighted by Crippen LogP contribution is 2.39. The van der Waals surface area contributed by atoms with Crippen LogP contribution in [0.4, 0.5) is 13.2 Å². The molecule has 1 aliphatic rings. The van der Waals surface area contributed by atoms with Gasteiger partial charge in [-0.15, -0.1) is 0 Å². The second kappa shape index (κ2) is 11.0. The van der Waals surface area contributed by atoms with Gasteiger partial charge in [0.15, 0.2) is 0 Å². The SMILES string of the molecule is CCCCCCCCCCc1cc(C(N2CCC(=O)N2)C(F)(F)F)cc2ccccc12. The lowest BCUT2D eigenvalue weighted by Crippen LogP contribution is -2.43. The molecule has 1 atom stereocenters. The Balaban J connectivity index is 1.76. The number of hydrogen-bond acceptors (Lipinski definition) is 2. The number of amides is 1. The van der Waals surface area contributed by atoms with Crippen LogP contribution >= 0.6 is 0 Å². The van der Waals surface area contributed by atoms with Crippen LogP contribution in [-0.4, -0.2) is 23.6 Å². The summed E-state index contributed by atoms with van der Waals surface area (Å²) >= 11 is 0. The molecule has 1 fully saturated rings. The molecule has 170 valence electrons. The van der Waals surface area contributed by atoms with E-state index in [-0.39, 0.29) is 24.4 Å². The predicted molar refractivity (Wildman–Crippen MR) is 119 cm³/mol. The van der Waals surface area contributed by atoms with Crippen LogP contribution in [0.3, 0.4) is 0 Å². The number of nitrogens with one attached hydrogen (secondary N) is 1. The van der Waals surface area contributed by atoms with Crippen molar-refractivity contribution in [2.75, 3.05) is 6.54 Å². The lowest BCUT2D eigenvalue weighted by Gasteiger charge is -2.30. The van der Waals surface area contributed by atoms with E-state index >= 15 is 0 Å². The summed E-state index contributed by atoms with van der Waals surface area (Å²) in [5.74, 6) is -0.366. The molecule has 0 aliphatic carbocycles. The first-order valence-electron chi connectivity index (χ1n) is 11.5. The molecule has 31 heavy (non-hydrogen) atoms. The Morgan fingerprint density at radius 3 is 2.32 bits per heavy atom. The quantitative estimate of drug-likeness (QED) is 0.392. The maximum atomic E-state index is 14.0. The molecule has 0 aromatic heterocycles. The van der Waals surface area contributed by atoms with Crippen molar-refractivity contribution in [3.8, 4) is 0 Å². The van der Waals surface area contributed by atoms with Gasteiger partial charge in [-0.25, -0.2) is 5.01 Å². The molecule has 1 heterocycles. The maximum Gasteiger partial charge on any atom is 0.409 e. The van der Waals surface area contributed by atoms with Crippen molar-refractivity contribution < 1.29 is 18.0 Å². The molecule has 0 saturated carbocycles. The van der Waals surface area contributed by atoms with Crippen LogP contribution in [0.15, 0.2) is 36.4 Å². The van der Waals surface area contributed by atoms with Crippen LogP contribution in [0.1, 0.15) is 81.9 Å². The van der Waals surface area contributed by atoms with Crippen molar-refractivity contribution in [3.63, 3.8) is 0 Å². The van der Waals surface area contributed by atoms with E-state index in [4.69, 9.17) is 0 Å². The van der Waals surface area contributed by atoms with Gasteiger partial charge in [-0.05, 0) is 40.8 Å². The molecule has 6 heteroatoms. The standard InChI is InChI=1S/C25H33F3N2O/c1-2-3-4-5-6-7-8-9-12-19-17-21(18-20-13-10-11-14-22(19)20)24(25(26,27)28)30-16-15-23(31)29-30/h10-11,13-14,17-18,24H,2-9,12,15-16H2,1H3,(H,29,31). The minimum absolute atomic E-state index is 0.0587. The van der Waals surface area contributed by atoms with Crippen LogP contribution in [-0.2, 0) is 11.2 Å². The van der Waals surface area contributed by atoms with E-state index in [0.29, 0.717) is 0 Å². The summed E-state index contributed by atoms with van der Waals surface area (Å²) in [6.45, 7) is 2.27. The number of hydrazine groups is 1. The van der Waals surface area contributed by atoms with E-state index in [1.54, 1.807) is 12.1 Å². The van der Waals surface area contributed by atoms with Crippen molar-refractivity contribution >= 4 is 16.7 Å². The molecule has 1 saturated heterocycles. The number of carbonyl (C=O) groups is 1. The predicted octanol–water partition coefficient (Wildman–Crippen LogP) is 6.86. The molecule has 1 N–H and O–H groups in total. The van der Waals surface area contributed by atoms with E-state index in [1.807, 2.05) is 24.3 Å². The number of hydrogen-bond donors (Lipinski definition) is 1. The lowest BCUT2D eigenvalue weighted by atomic mass is 9.93. The summed E-state index contributed by atoms with van der Waals surface area (Å²) in [6, 6.07) is 9.13. The van der Waals surface area contributed by atoms with Gasteiger partial charge in [0, 0.05) is 13.0 Å². The Labute approximate surface area is 183 Å². The Hall–Kier alpha value is -2.08. The molecule has 0 radical (unpaired) electrons. The minimum Gasteiger partial charge on any atom is -0.288 e. The van der Waals surface area contributed by atoms with E-state index in [2.05, 4.69) is 12.3 Å².